The third-order valence-electron chi connectivity index (χ3n) is 0.703. The van der Waals surface area contributed by atoms with E-state index in [-0.39, 0.29) is 11.3 Å². The van der Waals surface area contributed by atoms with E-state index in [0.717, 1.165) is 0 Å². The summed E-state index contributed by atoms with van der Waals surface area (Å²) >= 11 is 4.94. The van der Waals surface area contributed by atoms with Crippen LogP contribution in [0.25, 0.3) is 0 Å². The van der Waals surface area contributed by atoms with Crippen molar-refractivity contribution in [2.75, 3.05) is 0 Å². The second kappa shape index (κ2) is 3.10. The highest BCUT2D eigenvalue weighted by atomic mass is 35.5. The Morgan fingerprint density at radius 2 is 2.22 bits per heavy atom. The standard InChI is InChI=1S/C5H5ClN2O/c1-3(8)4(2-7)5(6)9/h8H2,1H3. The van der Waals surface area contributed by atoms with E-state index < -0.39 is 5.24 Å². The maximum atomic E-state index is 10.2. The number of nitriles is 1. The fourth-order valence-electron chi connectivity index (χ4n) is 0.287. The van der Waals surface area contributed by atoms with Crippen LogP contribution >= 0.6 is 11.6 Å². The van der Waals surface area contributed by atoms with Crippen LogP contribution in [0.15, 0.2) is 11.3 Å². The molecule has 3 nitrogen and oxygen atoms in total. The largest absolute Gasteiger partial charge is 0.401 e. The van der Waals surface area contributed by atoms with Crippen molar-refractivity contribution in [3.63, 3.8) is 0 Å². The Kier molecular flexibility index (Phi) is 2.75. The van der Waals surface area contributed by atoms with E-state index in [2.05, 4.69) is 0 Å². The number of hydrogen-bond donors (Lipinski definition) is 1. The van der Waals surface area contributed by atoms with Gasteiger partial charge < -0.3 is 5.73 Å². The zero-order chi connectivity index (χ0) is 7.44. The average molecular weight is 145 g/mol. The maximum Gasteiger partial charge on any atom is 0.264 e. The second-order valence-corrected chi connectivity index (χ2v) is 1.79. The molecule has 0 aliphatic heterocycles. The third-order valence-corrected chi connectivity index (χ3v) is 0.892. The van der Waals surface area contributed by atoms with Gasteiger partial charge in [0.2, 0.25) is 0 Å². The molecular weight excluding hydrogens is 140 g/mol. The molecule has 0 fully saturated rings. The van der Waals surface area contributed by atoms with Crippen LogP contribution in [0.5, 0.6) is 0 Å². The van der Waals surface area contributed by atoms with Crippen LogP contribution in [-0.2, 0) is 4.79 Å². The van der Waals surface area contributed by atoms with Gasteiger partial charge >= 0.3 is 0 Å². The molecule has 0 atom stereocenters. The molecule has 0 aliphatic carbocycles. The van der Waals surface area contributed by atoms with Gasteiger partial charge in [-0.15, -0.1) is 0 Å². The third kappa shape index (κ3) is 2.15. The van der Waals surface area contributed by atoms with Crippen molar-refractivity contribution in [2.45, 2.75) is 6.92 Å². The van der Waals surface area contributed by atoms with E-state index in [1.807, 2.05) is 0 Å². The van der Waals surface area contributed by atoms with Gasteiger partial charge in [-0.25, -0.2) is 0 Å². The minimum atomic E-state index is -0.808. The molecule has 0 bridgehead atoms. The number of nitrogens with two attached hydrogens (primary N) is 1. The first-order chi connectivity index (χ1) is 4.09. The number of carbonyl (C=O) groups is 1. The lowest BCUT2D eigenvalue weighted by molar-refractivity contribution is -0.108. The molecule has 0 heterocycles. The van der Waals surface area contributed by atoms with E-state index in [9.17, 15) is 4.79 Å². The predicted molar refractivity (Wildman–Crippen MR) is 33.4 cm³/mol. The lowest BCUT2D eigenvalue weighted by Gasteiger charge is -1.89. The summed E-state index contributed by atoms with van der Waals surface area (Å²) in [5.41, 5.74) is 5.07. The van der Waals surface area contributed by atoms with Gasteiger partial charge in [-0.3, -0.25) is 4.79 Å². The molecule has 4 heteroatoms. The molecule has 0 amide bonds. The minimum Gasteiger partial charge on any atom is -0.401 e. The van der Waals surface area contributed by atoms with Crippen molar-refractivity contribution < 1.29 is 4.79 Å². The summed E-state index contributed by atoms with van der Waals surface area (Å²) in [5, 5.41) is 7.37. The molecule has 0 aromatic rings. The molecule has 0 rings (SSSR count). The molecule has 0 spiro atoms. The summed E-state index contributed by atoms with van der Waals surface area (Å²) in [4.78, 5) is 10.2. The first kappa shape index (κ1) is 7.99. The molecular formula is C5H5ClN2O. The number of halogens is 1. The predicted octanol–water partition coefficient (Wildman–Crippen LogP) is 0.508. The number of carbonyl (C=O) groups excluding carboxylic acids is 1. The minimum absolute atomic E-state index is 0.150. The van der Waals surface area contributed by atoms with Crippen molar-refractivity contribution in [3.05, 3.63) is 11.3 Å². The Morgan fingerprint density at radius 1 is 1.78 bits per heavy atom. The highest BCUT2D eigenvalue weighted by Gasteiger charge is 2.05. The fourth-order valence-corrected chi connectivity index (χ4v) is 0.478. The lowest BCUT2D eigenvalue weighted by Crippen LogP contribution is -2.01. The molecule has 48 valence electrons. The average Bonchev–Trinajstić information content (AvgIpc) is 1.64. The Morgan fingerprint density at radius 3 is 2.22 bits per heavy atom. The number of allylic oxidation sites excluding steroid dienone is 2. The van der Waals surface area contributed by atoms with Crippen LogP contribution in [0.4, 0.5) is 0 Å². The molecule has 0 radical (unpaired) electrons. The Bertz CT molecular complexity index is 197. The van der Waals surface area contributed by atoms with Crippen LogP contribution in [0, 0.1) is 11.3 Å². The summed E-state index contributed by atoms with van der Waals surface area (Å²) in [7, 11) is 0. The van der Waals surface area contributed by atoms with Gasteiger partial charge in [0.15, 0.2) is 0 Å². The van der Waals surface area contributed by atoms with Crippen LogP contribution in [0.2, 0.25) is 0 Å². The van der Waals surface area contributed by atoms with Crippen LogP contribution in [-0.4, -0.2) is 5.24 Å². The smallest absolute Gasteiger partial charge is 0.264 e. The fraction of sp³-hybridized carbons (Fsp3) is 0.200. The van der Waals surface area contributed by atoms with Crippen molar-refractivity contribution in [3.8, 4) is 6.07 Å². The van der Waals surface area contributed by atoms with Gasteiger partial charge in [0, 0.05) is 5.70 Å². The van der Waals surface area contributed by atoms with E-state index in [1.165, 1.54) is 6.92 Å². The number of nitrogens with zero attached hydrogens (tertiary/aromatic N) is 1. The van der Waals surface area contributed by atoms with Crippen molar-refractivity contribution in [1.29, 1.82) is 5.26 Å². The van der Waals surface area contributed by atoms with Gasteiger partial charge in [0.1, 0.15) is 11.6 Å². The van der Waals surface area contributed by atoms with Crippen molar-refractivity contribution in [2.24, 2.45) is 5.73 Å². The van der Waals surface area contributed by atoms with E-state index >= 15 is 0 Å². The first-order valence-corrected chi connectivity index (χ1v) is 2.53. The molecule has 0 saturated heterocycles. The number of hydrogen-bond acceptors (Lipinski definition) is 3. The highest BCUT2D eigenvalue weighted by Crippen LogP contribution is 2.00. The lowest BCUT2D eigenvalue weighted by atomic mass is 10.3. The highest BCUT2D eigenvalue weighted by molar-refractivity contribution is 6.68. The monoisotopic (exact) mass is 144 g/mol. The van der Waals surface area contributed by atoms with Crippen molar-refractivity contribution >= 4 is 16.8 Å². The van der Waals surface area contributed by atoms with E-state index in [4.69, 9.17) is 22.6 Å². The van der Waals surface area contributed by atoms with E-state index in [1.54, 1.807) is 6.07 Å². The topological polar surface area (TPSA) is 66.9 Å². The maximum absolute atomic E-state index is 10.2. The number of rotatable bonds is 1. The summed E-state index contributed by atoms with van der Waals surface area (Å²) in [6.45, 7) is 1.44. The molecule has 0 saturated carbocycles. The molecule has 0 aromatic carbocycles. The summed E-state index contributed by atoms with van der Waals surface area (Å²) in [6.07, 6.45) is 0. The first-order valence-electron chi connectivity index (χ1n) is 2.16. The Labute approximate surface area is 57.7 Å². The van der Waals surface area contributed by atoms with Gasteiger partial charge in [-0.1, -0.05) is 0 Å². The second-order valence-electron chi connectivity index (χ2n) is 1.44. The van der Waals surface area contributed by atoms with Crippen LogP contribution in [0.3, 0.4) is 0 Å². The summed E-state index contributed by atoms with van der Waals surface area (Å²) in [5.74, 6) is 0. The van der Waals surface area contributed by atoms with Gasteiger partial charge in [0.25, 0.3) is 5.24 Å². The normalized spacial score (nSPS) is 11.7. The molecule has 0 aliphatic rings. The van der Waals surface area contributed by atoms with Crippen molar-refractivity contribution in [1.82, 2.24) is 0 Å². The van der Waals surface area contributed by atoms with Gasteiger partial charge in [0.05, 0.1) is 0 Å². The molecule has 0 unspecified atom stereocenters. The van der Waals surface area contributed by atoms with Gasteiger partial charge in [-0.2, -0.15) is 5.26 Å². The Balaban J connectivity index is 4.62. The quantitative estimate of drug-likeness (QED) is 0.331. The zero-order valence-corrected chi connectivity index (χ0v) is 5.57. The molecule has 2 N–H and O–H groups in total. The van der Waals surface area contributed by atoms with Crippen LogP contribution < -0.4 is 5.73 Å². The summed E-state index contributed by atoms with van der Waals surface area (Å²) in [6, 6.07) is 1.57. The van der Waals surface area contributed by atoms with E-state index in [0.29, 0.717) is 0 Å². The van der Waals surface area contributed by atoms with Gasteiger partial charge in [-0.05, 0) is 18.5 Å². The van der Waals surface area contributed by atoms with Crippen LogP contribution in [0.1, 0.15) is 6.92 Å². The SMILES string of the molecule is CC(N)=C(C#N)C(=O)Cl. The summed E-state index contributed by atoms with van der Waals surface area (Å²) < 4.78 is 0. The Hall–Kier alpha value is -1.01. The molecule has 0 aromatic heterocycles. The zero-order valence-electron chi connectivity index (χ0n) is 4.81. The molecule has 9 heavy (non-hydrogen) atoms.